The van der Waals surface area contributed by atoms with E-state index in [0.29, 0.717) is 17.4 Å². The average molecular weight is 278 g/mol. The van der Waals surface area contributed by atoms with Crippen LogP contribution in [0.1, 0.15) is 35.5 Å². The van der Waals surface area contributed by atoms with E-state index in [9.17, 15) is 10.1 Å². The first-order valence-electron chi connectivity index (χ1n) is 6.32. The molecule has 1 fully saturated rings. The molecule has 0 spiro atoms. The minimum absolute atomic E-state index is 0.223. The summed E-state index contributed by atoms with van der Waals surface area (Å²) in [5, 5.41) is 10.0. The Morgan fingerprint density at radius 1 is 1.47 bits per heavy atom. The third-order valence-electron chi connectivity index (χ3n) is 3.88. The van der Waals surface area contributed by atoms with Crippen molar-refractivity contribution < 1.29 is 4.79 Å². The Morgan fingerprint density at radius 2 is 2.16 bits per heavy atom. The van der Waals surface area contributed by atoms with Crippen LogP contribution in [0.15, 0.2) is 0 Å². The van der Waals surface area contributed by atoms with Gasteiger partial charge in [0.05, 0.1) is 5.69 Å². The van der Waals surface area contributed by atoms with Crippen molar-refractivity contribution >= 4 is 27.9 Å². The summed E-state index contributed by atoms with van der Waals surface area (Å²) in [5.41, 5.74) is 11.8. The maximum atomic E-state index is 11.3. The molecular weight excluding hydrogens is 260 g/mol. The van der Waals surface area contributed by atoms with Gasteiger partial charge in [-0.2, -0.15) is 5.26 Å². The Hall–Kier alpha value is -1.74. The molecule has 102 valence electrons. The van der Waals surface area contributed by atoms with E-state index in [4.69, 9.17) is 11.5 Å². The van der Waals surface area contributed by atoms with Crippen molar-refractivity contribution in [2.45, 2.75) is 20.3 Å². The first-order chi connectivity index (χ1) is 8.95. The van der Waals surface area contributed by atoms with Crippen molar-refractivity contribution in [3.05, 3.63) is 10.4 Å². The second-order valence-corrected chi connectivity index (χ2v) is 6.19. The third-order valence-corrected chi connectivity index (χ3v) is 5.16. The minimum atomic E-state index is -0.566. The number of anilines is 2. The molecule has 2 atom stereocenters. The van der Waals surface area contributed by atoms with Crippen molar-refractivity contribution in [2.75, 3.05) is 23.7 Å². The largest absolute Gasteiger partial charge is 0.396 e. The molecule has 0 bridgehead atoms. The van der Waals surface area contributed by atoms with Gasteiger partial charge in [-0.25, -0.2) is 0 Å². The number of carbonyl (C=O) groups excluding carboxylic acids is 1. The van der Waals surface area contributed by atoms with Gasteiger partial charge in [-0.3, -0.25) is 4.79 Å². The Balaban J connectivity index is 2.38. The molecular formula is C13H18N4OS. The van der Waals surface area contributed by atoms with E-state index in [2.05, 4.69) is 24.8 Å². The summed E-state index contributed by atoms with van der Waals surface area (Å²) in [6.45, 7) is 6.21. The summed E-state index contributed by atoms with van der Waals surface area (Å²) < 4.78 is 0. The Morgan fingerprint density at radius 3 is 2.68 bits per heavy atom. The van der Waals surface area contributed by atoms with Crippen molar-refractivity contribution in [3.8, 4) is 6.07 Å². The number of primary amides is 1. The van der Waals surface area contributed by atoms with Crippen LogP contribution in [0.2, 0.25) is 0 Å². The first-order valence-corrected chi connectivity index (χ1v) is 7.14. The summed E-state index contributed by atoms with van der Waals surface area (Å²) >= 11 is 1.23. The van der Waals surface area contributed by atoms with E-state index in [0.717, 1.165) is 24.5 Å². The van der Waals surface area contributed by atoms with E-state index in [1.165, 1.54) is 11.3 Å². The molecule has 1 saturated heterocycles. The Labute approximate surface area is 116 Å². The summed E-state index contributed by atoms with van der Waals surface area (Å²) in [5.74, 6) is 0.666. The number of rotatable bonds is 2. The van der Waals surface area contributed by atoms with Gasteiger partial charge in [0.25, 0.3) is 5.91 Å². The second-order valence-electron chi connectivity index (χ2n) is 5.19. The predicted octanol–water partition coefficient (Wildman–Crippen LogP) is 1.78. The van der Waals surface area contributed by atoms with Gasteiger partial charge in [-0.15, -0.1) is 11.3 Å². The van der Waals surface area contributed by atoms with E-state index in [-0.39, 0.29) is 10.6 Å². The summed E-state index contributed by atoms with van der Waals surface area (Å²) in [6.07, 6.45) is 1.08. The van der Waals surface area contributed by atoms with Crippen LogP contribution in [0.25, 0.3) is 0 Å². The number of nitrogens with zero attached hydrogens (tertiary/aromatic N) is 2. The molecule has 2 unspecified atom stereocenters. The molecule has 0 radical (unpaired) electrons. The topological polar surface area (TPSA) is 96.1 Å². The smallest absolute Gasteiger partial charge is 0.261 e. The summed E-state index contributed by atoms with van der Waals surface area (Å²) in [6, 6.07) is 2.10. The molecule has 0 aromatic carbocycles. The van der Waals surface area contributed by atoms with Gasteiger partial charge in [0, 0.05) is 13.1 Å². The molecule has 0 aliphatic carbocycles. The van der Waals surface area contributed by atoms with E-state index in [1.807, 2.05) is 0 Å². The predicted molar refractivity (Wildman–Crippen MR) is 77.1 cm³/mol. The van der Waals surface area contributed by atoms with Gasteiger partial charge >= 0.3 is 0 Å². The molecule has 1 aliphatic heterocycles. The molecule has 1 aliphatic rings. The highest BCUT2D eigenvalue weighted by atomic mass is 32.1. The van der Waals surface area contributed by atoms with Crippen LogP contribution in [0.5, 0.6) is 0 Å². The lowest BCUT2D eigenvalue weighted by Crippen LogP contribution is -2.38. The number of nitriles is 1. The number of nitrogens with two attached hydrogens (primary N) is 2. The number of thiophene rings is 1. The summed E-state index contributed by atoms with van der Waals surface area (Å²) in [7, 11) is 0. The van der Waals surface area contributed by atoms with E-state index < -0.39 is 5.91 Å². The number of hydrogen-bond donors (Lipinski definition) is 2. The van der Waals surface area contributed by atoms with Gasteiger partial charge < -0.3 is 16.4 Å². The zero-order valence-electron chi connectivity index (χ0n) is 11.1. The van der Waals surface area contributed by atoms with Gasteiger partial charge in [-0.1, -0.05) is 13.8 Å². The van der Waals surface area contributed by atoms with Gasteiger partial charge in [-0.05, 0) is 18.3 Å². The van der Waals surface area contributed by atoms with Gasteiger partial charge in [0.2, 0.25) is 0 Å². The van der Waals surface area contributed by atoms with Crippen LogP contribution < -0.4 is 16.4 Å². The standard InChI is InChI=1S/C13H18N4OS/c1-7-3-4-17(6-8(7)2)13-9(5-14)10(15)11(19-13)12(16)18/h7-8H,3-4,6,15H2,1-2H3,(H2,16,18). The molecule has 6 heteroatoms. The van der Waals surface area contributed by atoms with E-state index >= 15 is 0 Å². The lowest BCUT2D eigenvalue weighted by atomic mass is 9.89. The van der Waals surface area contributed by atoms with Crippen LogP contribution in [-0.4, -0.2) is 19.0 Å². The van der Waals surface area contributed by atoms with Gasteiger partial charge in [0.15, 0.2) is 0 Å². The van der Waals surface area contributed by atoms with Crippen LogP contribution in [-0.2, 0) is 0 Å². The zero-order chi connectivity index (χ0) is 14.2. The number of nitrogen functional groups attached to an aromatic ring is 1. The molecule has 1 aromatic heterocycles. The lowest BCUT2D eigenvalue weighted by Gasteiger charge is -2.36. The molecule has 2 rings (SSSR count). The Bertz CT molecular complexity index is 546. The summed E-state index contributed by atoms with van der Waals surface area (Å²) in [4.78, 5) is 13.8. The lowest BCUT2D eigenvalue weighted by molar-refractivity contribution is 0.100. The SMILES string of the molecule is CC1CCN(c2sc(C(N)=O)c(N)c2C#N)CC1C. The molecule has 5 nitrogen and oxygen atoms in total. The fourth-order valence-corrected chi connectivity index (χ4v) is 3.45. The average Bonchev–Trinajstić information content (AvgIpc) is 2.70. The highest BCUT2D eigenvalue weighted by Crippen LogP contribution is 2.39. The van der Waals surface area contributed by atoms with Crippen molar-refractivity contribution in [3.63, 3.8) is 0 Å². The fraction of sp³-hybridized carbons (Fsp3) is 0.538. The fourth-order valence-electron chi connectivity index (χ4n) is 2.39. The van der Waals surface area contributed by atoms with Crippen LogP contribution in [0.4, 0.5) is 10.7 Å². The number of hydrogen-bond acceptors (Lipinski definition) is 5. The molecule has 1 aromatic rings. The number of amides is 1. The van der Waals surface area contributed by atoms with Gasteiger partial charge in [0.1, 0.15) is 21.5 Å². The molecule has 2 heterocycles. The third kappa shape index (κ3) is 2.38. The monoisotopic (exact) mass is 278 g/mol. The van der Waals surface area contributed by atoms with Crippen LogP contribution in [0, 0.1) is 23.2 Å². The maximum Gasteiger partial charge on any atom is 0.261 e. The molecule has 4 N–H and O–H groups in total. The van der Waals surface area contributed by atoms with Crippen molar-refractivity contribution in [1.29, 1.82) is 5.26 Å². The Kier molecular flexibility index (Phi) is 3.67. The molecule has 1 amide bonds. The number of carbonyl (C=O) groups is 1. The highest BCUT2D eigenvalue weighted by Gasteiger charge is 2.28. The second kappa shape index (κ2) is 5.10. The van der Waals surface area contributed by atoms with Crippen LogP contribution in [0.3, 0.4) is 0 Å². The maximum absolute atomic E-state index is 11.3. The molecule has 19 heavy (non-hydrogen) atoms. The van der Waals surface area contributed by atoms with Crippen molar-refractivity contribution in [2.24, 2.45) is 17.6 Å². The first kappa shape index (κ1) is 13.7. The number of piperidine rings is 1. The minimum Gasteiger partial charge on any atom is -0.396 e. The van der Waals surface area contributed by atoms with Crippen LogP contribution >= 0.6 is 11.3 Å². The normalized spacial score (nSPS) is 23.1. The van der Waals surface area contributed by atoms with Crippen molar-refractivity contribution in [1.82, 2.24) is 0 Å². The quantitative estimate of drug-likeness (QED) is 0.861. The zero-order valence-corrected chi connectivity index (χ0v) is 12.0. The van der Waals surface area contributed by atoms with E-state index in [1.54, 1.807) is 0 Å². The molecule has 0 saturated carbocycles. The highest BCUT2D eigenvalue weighted by molar-refractivity contribution is 7.19.